The molecule has 0 saturated heterocycles. The first kappa shape index (κ1) is 23.2. The van der Waals surface area contributed by atoms with Gasteiger partial charge in [0.1, 0.15) is 11.5 Å². The van der Waals surface area contributed by atoms with Crippen LogP contribution in [0.3, 0.4) is 0 Å². The van der Waals surface area contributed by atoms with Crippen molar-refractivity contribution in [1.29, 1.82) is 0 Å². The molecule has 1 amide bonds. The first-order valence-electron chi connectivity index (χ1n) is 11.7. The van der Waals surface area contributed by atoms with Crippen LogP contribution in [0.2, 0.25) is 0 Å². The van der Waals surface area contributed by atoms with Gasteiger partial charge in [0.15, 0.2) is 5.78 Å². The lowest BCUT2D eigenvalue weighted by Gasteiger charge is -2.09. The first-order valence-corrected chi connectivity index (χ1v) is 11.7. The first-order chi connectivity index (χ1) is 17.5. The Balaban J connectivity index is 1.48. The normalized spacial score (nSPS) is 10.9. The number of amides is 1. The third-order valence-electron chi connectivity index (χ3n) is 6.11. The van der Waals surface area contributed by atoms with E-state index in [0.29, 0.717) is 17.7 Å². The lowest BCUT2D eigenvalue weighted by molar-refractivity contribution is -0.116. The predicted molar refractivity (Wildman–Crippen MR) is 139 cm³/mol. The number of rotatable bonds is 7. The Hall–Kier alpha value is -4.58. The number of Topliss-reactive ketones (excluding diaryl/α,β-unsaturated/α-hetero) is 1. The van der Waals surface area contributed by atoms with E-state index >= 15 is 0 Å². The fourth-order valence-corrected chi connectivity index (χ4v) is 4.22. The molecule has 178 valence electrons. The van der Waals surface area contributed by atoms with Gasteiger partial charge in [-0.1, -0.05) is 54.6 Å². The molecule has 5 rings (SSSR count). The zero-order valence-electron chi connectivity index (χ0n) is 19.7. The highest BCUT2D eigenvalue weighted by molar-refractivity contribution is 5.94. The van der Waals surface area contributed by atoms with Gasteiger partial charge in [0.25, 0.3) is 0 Å². The molecule has 36 heavy (non-hydrogen) atoms. The average molecular weight is 478 g/mol. The van der Waals surface area contributed by atoms with Crippen molar-refractivity contribution in [3.8, 4) is 22.4 Å². The summed E-state index contributed by atoms with van der Waals surface area (Å²) >= 11 is 0. The number of benzene rings is 3. The van der Waals surface area contributed by atoms with Crippen molar-refractivity contribution in [2.24, 2.45) is 0 Å². The maximum atomic E-state index is 13.2. The van der Waals surface area contributed by atoms with Crippen LogP contribution in [0.15, 0.2) is 97.2 Å². The lowest BCUT2D eigenvalue weighted by Crippen LogP contribution is -2.13. The van der Waals surface area contributed by atoms with Crippen LogP contribution < -0.4 is 5.32 Å². The molecular formula is C30H24FN3O2. The summed E-state index contributed by atoms with van der Waals surface area (Å²) in [5, 5.41) is 2.83. The van der Waals surface area contributed by atoms with Crippen LogP contribution in [-0.2, 0) is 11.2 Å². The van der Waals surface area contributed by atoms with E-state index < -0.39 is 0 Å². The number of pyridine rings is 1. The van der Waals surface area contributed by atoms with Gasteiger partial charge in [0.2, 0.25) is 5.91 Å². The SMILES string of the molecule is CC(=O)c1ccc(-c2ccc3nc(-c4ccccc4)c(CCC(=O)Nc4ccc(F)cc4)n3c2)cc1. The number of nitrogens with one attached hydrogen (secondary N) is 1. The van der Waals surface area contributed by atoms with Gasteiger partial charge in [-0.05, 0) is 60.9 Å². The highest BCUT2D eigenvalue weighted by Gasteiger charge is 2.16. The highest BCUT2D eigenvalue weighted by Crippen LogP contribution is 2.28. The summed E-state index contributed by atoms with van der Waals surface area (Å²) in [6, 6.07) is 27.1. The number of hydrogen-bond donors (Lipinski definition) is 1. The van der Waals surface area contributed by atoms with Crippen LogP contribution >= 0.6 is 0 Å². The van der Waals surface area contributed by atoms with Crippen molar-refractivity contribution in [2.45, 2.75) is 19.8 Å². The van der Waals surface area contributed by atoms with Gasteiger partial charge in [-0.2, -0.15) is 0 Å². The maximum absolute atomic E-state index is 13.2. The monoisotopic (exact) mass is 477 g/mol. The second-order valence-electron chi connectivity index (χ2n) is 8.61. The molecule has 5 nitrogen and oxygen atoms in total. The third kappa shape index (κ3) is 4.93. The van der Waals surface area contributed by atoms with Crippen molar-refractivity contribution in [1.82, 2.24) is 9.38 Å². The highest BCUT2D eigenvalue weighted by atomic mass is 19.1. The zero-order valence-corrected chi connectivity index (χ0v) is 19.7. The summed E-state index contributed by atoms with van der Waals surface area (Å²) in [6.07, 6.45) is 2.72. The number of ketones is 1. The van der Waals surface area contributed by atoms with Gasteiger partial charge in [-0.25, -0.2) is 9.37 Å². The molecule has 3 aromatic carbocycles. The molecule has 0 spiro atoms. The molecule has 0 fully saturated rings. The summed E-state index contributed by atoms with van der Waals surface area (Å²) < 4.78 is 15.2. The number of fused-ring (bicyclic) bond motifs is 1. The van der Waals surface area contributed by atoms with Crippen molar-refractivity contribution < 1.29 is 14.0 Å². The van der Waals surface area contributed by atoms with E-state index in [9.17, 15) is 14.0 Å². The Morgan fingerprint density at radius 1 is 0.833 bits per heavy atom. The molecule has 0 aliphatic carbocycles. The van der Waals surface area contributed by atoms with Crippen LogP contribution in [0, 0.1) is 5.82 Å². The van der Waals surface area contributed by atoms with Crippen LogP contribution in [0.1, 0.15) is 29.4 Å². The Morgan fingerprint density at radius 2 is 1.53 bits per heavy atom. The molecule has 6 heteroatoms. The molecule has 0 bridgehead atoms. The van der Waals surface area contributed by atoms with E-state index in [1.807, 2.05) is 77.3 Å². The molecule has 0 radical (unpaired) electrons. The maximum Gasteiger partial charge on any atom is 0.224 e. The van der Waals surface area contributed by atoms with Gasteiger partial charge in [-0.3, -0.25) is 9.59 Å². The lowest BCUT2D eigenvalue weighted by atomic mass is 10.0. The number of aromatic nitrogens is 2. The molecule has 0 unspecified atom stereocenters. The smallest absolute Gasteiger partial charge is 0.224 e. The second-order valence-corrected chi connectivity index (χ2v) is 8.61. The number of aryl methyl sites for hydroxylation is 1. The fourth-order valence-electron chi connectivity index (χ4n) is 4.22. The summed E-state index contributed by atoms with van der Waals surface area (Å²) in [4.78, 5) is 29.2. The third-order valence-corrected chi connectivity index (χ3v) is 6.11. The van der Waals surface area contributed by atoms with Crippen LogP contribution in [0.5, 0.6) is 0 Å². The summed E-state index contributed by atoms with van der Waals surface area (Å²) in [5.41, 5.74) is 6.70. The van der Waals surface area contributed by atoms with Crippen LogP contribution in [-0.4, -0.2) is 21.1 Å². The molecular weight excluding hydrogens is 453 g/mol. The van der Waals surface area contributed by atoms with Crippen molar-refractivity contribution in [2.75, 3.05) is 5.32 Å². The van der Waals surface area contributed by atoms with E-state index in [2.05, 4.69) is 5.32 Å². The van der Waals surface area contributed by atoms with Crippen LogP contribution in [0.4, 0.5) is 10.1 Å². The summed E-state index contributed by atoms with van der Waals surface area (Å²) in [7, 11) is 0. The second kappa shape index (κ2) is 9.96. The Labute approximate surface area is 208 Å². The summed E-state index contributed by atoms with van der Waals surface area (Å²) in [5.74, 6) is -0.482. The van der Waals surface area contributed by atoms with E-state index in [0.717, 1.165) is 33.7 Å². The van der Waals surface area contributed by atoms with E-state index in [-0.39, 0.29) is 23.9 Å². The number of nitrogens with zero attached hydrogens (tertiary/aromatic N) is 2. The van der Waals surface area contributed by atoms with Gasteiger partial charge >= 0.3 is 0 Å². The quantitative estimate of drug-likeness (QED) is 0.269. The van der Waals surface area contributed by atoms with E-state index in [1.165, 1.54) is 12.1 Å². The number of imidazole rings is 1. The number of carbonyl (C=O) groups excluding carboxylic acids is 2. The predicted octanol–water partition coefficient (Wildman–Crippen LogP) is 6.58. The van der Waals surface area contributed by atoms with E-state index in [4.69, 9.17) is 4.98 Å². The minimum atomic E-state index is -0.349. The molecule has 0 aliphatic heterocycles. The van der Waals surface area contributed by atoms with Gasteiger partial charge in [0.05, 0.1) is 11.4 Å². The number of carbonyl (C=O) groups is 2. The largest absolute Gasteiger partial charge is 0.326 e. The fraction of sp³-hybridized carbons (Fsp3) is 0.100. The Morgan fingerprint density at radius 3 is 2.22 bits per heavy atom. The van der Waals surface area contributed by atoms with Gasteiger partial charge in [-0.15, -0.1) is 0 Å². The molecule has 2 aromatic heterocycles. The van der Waals surface area contributed by atoms with Crippen molar-refractivity contribution in [3.05, 3.63) is 114 Å². The van der Waals surface area contributed by atoms with Crippen molar-refractivity contribution >= 4 is 23.0 Å². The molecule has 0 aliphatic rings. The molecule has 1 N–H and O–H groups in total. The topological polar surface area (TPSA) is 63.5 Å². The van der Waals surface area contributed by atoms with E-state index in [1.54, 1.807) is 19.1 Å². The average Bonchev–Trinajstić information content (AvgIpc) is 3.27. The molecule has 0 saturated carbocycles. The Bertz CT molecular complexity index is 1540. The Kier molecular flexibility index (Phi) is 6.41. The minimum Gasteiger partial charge on any atom is -0.326 e. The molecule has 5 aromatic rings. The number of anilines is 1. The molecule has 0 atom stereocenters. The molecule has 2 heterocycles. The van der Waals surface area contributed by atoms with Crippen LogP contribution in [0.25, 0.3) is 28.0 Å². The zero-order chi connectivity index (χ0) is 25.1. The number of halogens is 1. The minimum absolute atomic E-state index is 0.0281. The van der Waals surface area contributed by atoms with Gasteiger partial charge in [0, 0.05) is 29.4 Å². The number of hydrogen-bond acceptors (Lipinski definition) is 3. The van der Waals surface area contributed by atoms with Gasteiger partial charge < -0.3 is 9.72 Å². The summed E-state index contributed by atoms with van der Waals surface area (Å²) in [6.45, 7) is 1.55. The standard InChI is InChI=1S/C30H24FN3O2/c1-20(35)21-7-9-22(10-8-21)24-11-17-28-33-30(23-5-3-2-4-6-23)27(34(28)19-24)16-18-29(36)32-26-14-12-25(31)13-15-26/h2-15,17,19H,16,18H2,1H3,(H,32,36). The van der Waals surface area contributed by atoms with Crippen molar-refractivity contribution in [3.63, 3.8) is 0 Å².